The van der Waals surface area contributed by atoms with Crippen LogP contribution in [0.4, 0.5) is 0 Å². The van der Waals surface area contributed by atoms with Crippen molar-refractivity contribution in [2.24, 2.45) is 11.7 Å². The molecule has 1 aliphatic rings. The second-order valence-electron chi connectivity index (χ2n) is 7.54. The molecule has 5 nitrogen and oxygen atoms in total. The summed E-state index contributed by atoms with van der Waals surface area (Å²) in [7, 11) is 0. The smallest absolute Gasteiger partial charge is 0.220 e. The minimum Gasteiger partial charge on any atom is -0.491 e. The summed E-state index contributed by atoms with van der Waals surface area (Å²) in [6, 6.07) is 18.4. The Hall–Kier alpha value is -2.37. The first kappa shape index (κ1) is 20.4. The highest BCUT2D eigenvalue weighted by Gasteiger charge is 2.24. The van der Waals surface area contributed by atoms with Crippen LogP contribution < -0.4 is 10.5 Å². The molecule has 0 saturated carbocycles. The number of β-amino-alcohol motifs (C(OH)–C–C–N with tert-alkyl or cyclic N) is 1. The molecule has 1 aliphatic heterocycles. The fourth-order valence-corrected chi connectivity index (χ4v) is 3.71. The molecule has 150 valence electrons. The van der Waals surface area contributed by atoms with Gasteiger partial charge in [0.25, 0.3) is 0 Å². The van der Waals surface area contributed by atoms with Crippen LogP contribution in [0, 0.1) is 5.92 Å². The molecule has 1 fully saturated rings. The topological polar surface area (TPSA) is 75.8 Å². The van der Waals surface area contributed by atoms with Gasteiger partial charge in [0.2, 0.25) is 5.91 Å². The van der Waals surface area contributed by atoms with Gasteiger partial charge in [0.15, 0.2) is 0 Å². The molecule has 0 bridgehead atoms. The van der Waals surface area contributed by atoms with Crippen molar-refractivity contribution in [2.45, 2.75) is 31.8 Å². The van der Waals surface area contributed by atoms with Crippen molar-refractivity contribution in [3.63, 3.8) is 0 Å². The van der Waals surface area contributed by atoms with Gasteiger partial charge < -0.3 is 20.5 Å². The fraction of sp³-hybridized carbons (Fsp3) is 0.435. The Morgan fingerprint density at radius 2 is 1.75 bits per heavy atom. The fourth-order valence-electron chi connectivity index (χ4n) is 3.71. The first-order valence-corrected chi connectivity index (χ1v) is 10.1. The highest BCUT2D eigenvalue weighted by atomic mass is 16.5. The lowest BCUT2D eigenvalue weighted by Crippen LogP contribution is -2.43. The molecule has 0 aromatic heterocycles. The number of ether oxygens (including phenoxy) is 1. The lowest BCUT2D eigenvalue weighted by molar-refractivity contribution is -0.123. The Bertz CT molecular complexity index is 743. The summed E-state index contributed by atoms with van der Waals surface area (Å²) in [6.07, 6.45) is 2.83. The Kier molecular flexibility index (Phi) is 7.46. The molecule has 1 amide bonds. The van der Waals surface area contributed by atoms with Gasteiger partial charge in [0.1, 0.15) is 18.5 Å². The Balaban J connectivity index is 1.46. The molecular weight excluding hydrogens is 352 g/mol. The maximum Gasteiger partial charge on any atom is 0.220 e. The number of para-hydroxylation sites is 1. The number of likely N-dealkylation sites (tertiary alicyclic amines) is 1. The molecule has 5 heteroatoms. The third kappa shape index (κ3) is 6.08. The van der Waals surface area contributed by atoms with E-state index >= 15 is 0 Å². The van der Waals surface area contributed by atoms with E-state index in [0.717, 1.165) is 50.1 Å². The van der Waals surface area contributed by atoms with E-state index in [4.69, 9.17) is 10.5 Å². The monoisotopic (exact) mass is 382 g/mol. The van der Waals surface area contributed by atoms with E-state index < -0.39 is 6.10 Å². The molecule has 3 rings (SSSR count). The molecular formula is C23H30N2O3. The second kappa shape index (κ2) is 10.2. The Morgan fingerprint density at radius 1 is 1.07 bits per heavy atom. The number of benzene rings is 2. The molecule has 0 spiro atoms. The number of carbonyl (C=O) groups is 1. The van der Waals surface area contributed by atoms with E-state index in [1.54, 1.807) is 0 Å². The summed E-state index contributed by atoms with van der Waals surface area (Å²) >= 11 is 0. The lowest BCUT2D eigenvalue weighted by atomic mass is 9.96. The van der Waals surface area contributed by atoms with Gasteiger partial charge in [-0.1, -0.05) is 48.5 Å². The zero-order valence-electron chi connectivity index (χ0n) is 16.3. The lowest BCUT2D eigenvalue weighted by Gasteiger charge is -2.31. The van der Waals surface area contributed by atoms with E-state index in [1.165, 1.54) is 5.56 Å². The van der Waals surface area contributed by atoms with E-state index in [2.05, 4.69) is 35.2 Å². The van der Waals surface area contributed by atoms with Crippen molar-refractivity contribution in [3.05, 3.63) is 65.7 Å². The van der Waals surface area contributed by atoms with Gasteiger partial charge in [-0.2, -0.15) is 0 Å². The average Bonchev–Trinajstić information content (AvgIpc) is 2.72. The van der Waals surface area contributed by atoms with Crippen LogP contribution in [0.15, 0.2) is 54.6 Å². The van der Waals surface area contributed by atoms with Gasteiger partial charge in [-0.15, -0.1) is 0 Å². The van der Waals surface area contributed by atoms with Gasteiger partial charge in [-0.3, -0.25) is 4.79 Å². The number of carbonyl (C=O) groups excluding carboxylic acids is 1. The third-order valence-electron chi connectivity index (χ3n) is 5.39. The molecule has 1 heterocycles. The summed E-state index contributed by atoms with van der Waals surface area (Å²) in [5.41, 5.74) is 7.83. The molecule has 2 aromatic rings. The highest BCUT2D eigenvalue weighted by Crippen LogP contribution is 2.21. The van der Waals surface area contributed by atoms with Crippen LogP contribution in [0.2, 0.25) is 0 Å². The van der Waals surface area contributed by atoms with Crippen molar-refractivity contribution in [1.29, 1.82) is 0 Å². The summed E-state index contributed by atoms with van der Waals surface area (Å²) in [4.78, 5) is 13.4. The van der Waals surface area contributed by atoms with E-state index in [-0.39, 0.29) is 18.4 Å². The van der Waals surface area contributed by atoms with Crippen LogP contribution in [-0.2, 0) is 17.6 Å². The number of aryl methyl sites for hydroxylation is 2. The first-order valence-electron chi connectivity index (χ1n) is 10.1. The second-order valence-corrected chi connectivity index (χ2v) is 7.54. The van der Waals surface area contributed by atoms with Crippen LogP contribution in [0.25, 0.3) is 0 Å². The normalized spacial score (nSPS) is 16.6. The minimum absolute atomic E-state index is 0.0267. The van der Waals surface area contributed by atoms with Crippen molar-refractivity contribution < 1.29 is 14.6 Å². The summed E-state index contributed by atoms with van der Waals surface area (Å²) in [5, 5.41) is 10.4. The Morgan fingerprint density at radius 3 is 2.46 bits per heavy atom. The predicted octanol–water partition coefficient (Wildman–Crippen LogP) is 2.41. The van der Waals surface area contributed by atoms with Crippen LogP contribution >= 0.6 is 0 Å². The number of piperidine rings is 1. The van der Waals surface area contributed by atoms with E-state index in [9.17, 15) is 9.90 Å². The molecule has 1 atom stereocenters. The van der Waals surface area contributed by atoms with Crippen LogP contribution in [0.1, 0.15) is 24.0 Å². The number of amides is 1. The number of hydrogen-bond donors (Lipinski definition) is 2. The summed E-state index contributed by atoms with van der Waals surface area (Å²) < 4.78 is 5.94. The zero-order valence-corrected chi connectivity index (χ0v) is 16.3. The maximum atomic E-state index is 11.3. The van der Waals surface area contributed by atoms with Crippen molar-refractivity contribution >= 4 is 5.91 Å². The van der Waals surface area contributed by atoms with Crippen molar-refractivity contribution in [2.75, 3.05) is 26.2 Å². The first-order chi connectivity index (χ1) is 13.6. The maximum absolute atomic E-state index is 11.3. The van der Waals surface area contributed by atoms with Gasteiger partial charge in [0.05, 0.1) is 0 Å². The number of primary amides is 1. The van der Waals surface area contributed by atoms with Crippen LogP contribution in [0.3, 0.4) is 0 Å². The van der Waals surface area contributed by atoms with Gasteiger partial charge in [-0.25, -0.2) is 0 Å². The number of nitrogens with two attached hydrogens (primary N) is 1. The number of aliphatic hydroxyl groups excluding tert-OH is 1. The van der Waals surface area contributed by atoms with Gasteiger partial charge in [-0.05, 0) is 56.0 Å². The SMILES string of the molecule is NC(=O)C1CCN(CC(O)COc2ccccc2CCc2ccccc2)CC1. The molecule has 3 N–H and O–H groups in total. The highest BCUT2D eigenvalue weighted by molar-refractivity contribution is 5.76. The summed E-state index contributed by atoms with van der Waals surface area (Å²) in [6.45, 7) is 2.40. The van der Waals surface area contributed by atoms with Gasteiger partial charge in [0, 0.05) is 12.5 Å². The van der Waals surface area contributed by atoms with Gasteiger partial charge >= 0.3 is 0 Å². The van der Waals surface area contributed by atoms with E-state index in [1.807, 2.05) is 24.3 Å². The Labute approximate surface area is 167 Å². The number of nitrogens with zero attached hydrogens (tertiary/aromatic N) is 1. The number of hydrogen-bond acceptors (Lipinski definition) is 4. The average molecular weight is 383 g/mol. The molecule has 0 aliphatic carbocycles. The standard InChI is InChI=1S/C23H30N2O3/c24-23(27)20-12-14-25(15-13-20)16-21(26)17-28-22-9-5-4-8-19(22)11-10-18-6-2-1-3-7-18/h1-9,20-21,26H,10-17H2,(H2,24,27). The summed E-state index contributed by atoms with van der Waals surface area (Å²) in [5.74, 6) is 0.599. The predicted molar refractivity (Wildman–Crippen MR) is 110 cm³/mol. The minimum atomic E-state index is -0.563. The molecule has 0 radical (unpaired) electrons. The van der Waals surface area contributed by atoms with Crippen LogP contribution in [0.5, 0.6) is 5.75 Å². The van der Waals surface area contributed by atoms with E-state index in [0.29, 0.717) is 6.54 Å². The van der Waals surface area contributed by atoms with Crippen molar-refractivity contribution in [1.82, 2.24) is 4.90 Å². The van der Waals surface area contributed by atoms with Crippen LogP contribution in [-0.4, -0.2) is 48.3 Å². The molecule has 1 unspecified atom stereocenters. The number of aliphatic hydroxyl groups is 1. The molecule has 1 saturated heterocycles. The largest absolute Gasteiger partial charge is 0.491 e. The van der Waals surface area contributed by atoms with Crippen molar-refractivity contribution in [3.8, 4) is 5.75 Å². The molecule has 28 heavy (non-hydrogen) atoms. The number of rotatable bonds is 9. The third-order valence-corrected chi connectivity index (χ3v) is 5.39. The zero-order chi connectivity index (χ0) is 19.8. The molecule has 2 aromatic carbocycles. The quantitative estimate of drug-likeness (QED) is 0.698.